The van der Waals surface area contributed by atoms with Gasteiger partial charge in [0.2, 0.25) is 5.91 Å². The Balaban J connectivity index is 3.77. The summed E-state index contributed by atoms with van der Waals surface area (Å²) in [6.45, 7) is 6.23. The average molecular weight is 175 g/mol. The van der Waals surface area contributed by atoms with Crippen molar-refractivity contribution >= 4 is 17.7 Å². The van der Waals surface area contributed by atoms with Gasteiger partial charge in [0, 0.05) is 5.25 Å². The molecule has 0 aliphatic rings. The molecule has 0 spiro atoms. The highest BCUT2D eigenvalue weighted by molar-refractivity contribution is 8.01. The summed E-state index contributed by atoms with van der Waals surface area (Å²) in [5, 5.41) is 0.539. The molecule has 0 radical (unpaired) electrons. The zero-order valence-corrected chi connectivity index (χ0v) is 8.28. The molecule has 2 atom stereocenters. The van der Waals surface area contributed by atoms with E-state index in [1.807, 2.05) is 6.92 Å². The number of hydrogen-bond donors (Lipinski definition) is 1. The Morgan fingerprint density at radius 3 is 2.27 bits per heavy atom. The number of rotatable bonds is 5. The van der Waals surface area contributed by atoms with Gasteiger partial charge in [-0.15, -0.1) is 11.8 Å². The molecule has 2 nitrogen and oxygen atoms in total. The van der Waals surface area contributed by atoms with Crippen molar-refractivity contribution in [1.82, 2.24) is 0 Å². The number of hydrogen-bond acceptors (Lipinski definition) is 2. The van der Waals surface area contributed by atoms with Crippen molar-refractivity contribution in [2.45, 2.75) is 44.1 Å². The molecule has 1 amide bonds. The van der Waals surface area contributed by atoms with Crippen LogP contribution in [0, 0.1) is 0 Å². The van der Waals surface area contributed by atoms with Gasteiger partial charge in [0.25, 0.3) is 0 Å². The topological polar surface area (TPSA) is 43.1 Å². The van der Waals surface area contributed by atoms with Crippen LogP contribution in [0.15, 0.2) is 0 Å². The van der Waals surface area contributed by atoms with E-state index in [-0.39, 0.29) is 11.2 Å². The van der Waals surface area contributed by atoms with Crippen LogP contribution < -0.4 is 5.73 Å². The van der Waals surface area contributed by atoms with Gasteiger partial charge in [-0.05, 0) is 12.8 Å². The van der Waals surface area contributed by atoms with E-state index in [4.69, 9.17) is 5.73 Å². The lowest BCUT2D eigenvalue weighted by Crippen LogP contribution is -2.26. The first-order chi connectivity index (χ1) is 5.11. The summed E-state index contributed by atoms with van der Waals surface area (Å²) in [6, 6.07) is 0. The first kappa shape index (κ1) is 10.8. The second-order valence-electron chi connectivity index (χ2n) is 2.65. The van der Waals surface area contributed by atoms with Gasteiger partial charge in [0.05, 0.1) is 5.25 Å². The molecule has 2 N–H and O–H groups in total. The summed E-state index contributed by atoms with van der Waals surface area (Å²) in [4.78, 5) is 10.8. The number of primary amides is 1. The fourth-order valence-corrected chi connectivity index (χ4v) is 1.82. The highest BCUT2D eigenvalue weighted by Gasteiger charge is 2.15. The Hall–Kier alpha value is -0.180. The minimum absolute atomic E-state index is 0.00458. The molecule has 0 aromatic carbocycles. The van der Waals surface area contributed by atoms with Crippen LogP contribution in [0.3, 0.4) is 0 Å². The van der Waals surface area contributed by atoms with Gasteiger partial charge in [0.15, 0.2) is 0 Å². The second-order valence-corrected chi connectivity index (χ2v) is 4.30. The molecule has 0 rings (SSSR count). The van der Waals surface area contributed by atoms with Crippen LogP contribution in [-0.4, -0.2) is 16.4 Å². The molecule has 11 heavy (non-hydrogen) atoms. The lowest BCUT2D eigenvalue weighted by molar-refractivity contribution is -0.117. The highest BCUT2D eigenvalue weighted by Crippen LogP contribution is 2.21. The largest absolute Gasteiger partial charge is 0.369 e. The minimum atomic E-state index is -0.183. The van der Waals surface area contributed by atoms with Gasteiger partial charge in [-0.1, -0.05) is 20.8 Å². The maximum Gasteiger partial charge on any atom is 0.230 e. The number of thioether (sulfide) groups is 1. The highest BCUT2D eigenvalue weighted by atomic mass is 32.2. The van der Waals surface area contributed by atoms with Crippen molar-refractivity contribution in [3.05, 3.63) is 0 Å². The normalized spacial score (nSPS) is 15.9. The molecule has 0 bridgehead atoms. The zero-order valence-electron chi connectivity index (χ0n) is 7.46. The van der Waals surface area contributed by atoms with E-state index >= 15 is 0 Å². The fourth-order valence-electron chi connectivity index (χ4n) is 0.741. The third kappa shape index (κ3) is 4.30. The fraction of sp³-hybridized carbons (Fsp3) is 0.875. The van der Waals surface area contributed by atoms with E-state index in [9.17, 15) is 4.79 Å². The van der Waals surface area contributed by atoms with Gasteiger partial charge in [-0.2, -0.15) is 0 Å². The second kappa shape index (κ2) is 5.47. The third-order valence-electron chi connectivity index (χ3n) is 1.66. The standard InChI is InChI=1S/C8H17NOS/c1-4-6(3)11-7(5-2)8(9)10/h6-7H,4-5H2,1-3H3,(H2,9,10). The monoisotopic (exact) mass is 175 g/mol. The quantitative estimate of drug-likeness (QED) is 0.692. The lowest BCUT2D eigenvalue weighted by Gasteiger charge is -2.14. The molecule has 0 aromatic rings. The molecule has 2 unspecified atom stereocenters. The third-order valence-corrected chi connectivity index (χ3v) is 3.35. The van der Waals surface area contributed by atoms with Crippen LogP contribution in [0.5, 0.6) is 0 Å². The van der Waals surface area contributed by atoms with E-state index in [0.29, 0.717) is 5.25 Å². The Bertz CT molecular complexity index is 127. The molecule has 0 saturated carbocycles. The van der Waals surface area contributed by atoms with Crippen LogP contribution >= 0.6 is 11.8 Å². The van der Waals surface area contributed by atoms with Gasteiger partial charge < -0.3 is 5.73 Å². The molecule has 0 aliphatic carbocycles. The van der Waals surface area contributed by atoms with Crippen molar-refractivity contribution in [2.75, 3.05) is 0 Å². The van der Waals surface area contributed by atoms with E-state index in [1.165, 1.54) is 0 Å². The van der Waals surface area contributed by atoms with Crippen LogP contribution in [-0.2, 0) is 4.79 Å². The molecule has 0 aromatic heterocycles. The molecule has 3 heteroatoms. The summed E-state index contributed by atoms with van der Waals surface area (Å²) in [7, 11) is 0. The number of nitrogens with two attached hydrogens (primary N) is 1. The Morgan fingerprint density at radius 1 is 1.45 bits per heavy atom. The summed E-state index contributed by atoms with van der Waals surface area (Å²) in [6.07, 6.45) is 1.93. The average Bonchev–Trinajstić information content (AvgIpc) is 1.99. The lowest BCUT2D eigenvalue weighted by atomic mass is 10.3. The number of carbonyl (C=O) groups is 1. The smallest absolute Gasteiger partial charge is 0.230 e. The van der Waals surface area contributed by atoms with E-state index < -0.39 is 0 Å². The van der Waals surface area contributed by atoms with Gasteiger partial charge >= 0.3 is 0 Å². The van der Waals surface area contributed by atoms with Crippen molar-refractivity contribution in [2.24, 2.45) is 5.73 Å². The van der Waals surface area contributed by atoms with E-state index in [0.717, 1.165) is 12.8 Å². The Labute approximate surface area is 72.9 Å². The van der Waals surface area contributed by atoms with Crippen molar-refractivity contribution in [1.29, 1.82) is 0 Å². The molecule has 66 valence electrons. The maximum absolute atomic E-state index is 10.8. The van der Waals surface area contributed by atoms with Crippen LogP contribution in [0.4, 0.5) is 0 Å². The molecular weight excluding hydrogens is 158 g/mol. The van der Waals surface area contributed by atoms with Crippen molar-refractivity contribution in [3.63, 3.8) is 0 Å². The van der Waals surface area contributed by atoms with Crippen molar-refractivity contribution < 1.29 is 4.79 Å². The van der Waals surface area contributed by atoms with Crippen LogP contribution in [0.1, 0.15) is 33.6 Å². The van der Waals surface area contributed by atoms with E-state index in [2.05, 4.69) is 13.8 Å². The molecule has 0 fully saturated rings. The number of amides is 1. The predicted octanol–water partition coefficient (Wildman–Crippen LogP) is 1.78. The SMILES string of the molecule is CCC(C)SC(CC)C(N)=O. The maximum atomic E-state index is 10.8. The van der Waals surface area contributed by atoms with Gasteiger partial charge in [-0.3, -0.25) is 4.79 Å². The van der Waals surface area contributed by atoms with Gasteiger partial charge in [0.1, 0.15) is 0 Å². The molecular formula is C8H17NOS. The first-order valence-corrected chi connectivity index (χ1v) is 5.00. The van der Waals surface area contributed by atoms with Gasteiger partial charge in [-0.25, -0.2) is 0 Å². The number of carbonyl (C=O) groups excluding carboxylic acids is 1. The Kier molecular flexibility index (Phi) is 5.38. The predicted molar refractivity (Wildman–Crippen MR) is 50.6 cm³/mol. The summed E-state index contributed by atoms with van der Waals surface area (Å²) in [5.74, 6) is -0.183. The first-order valence-electron chi connectivity index (χ1n) is 4.06. The zero-order chi connectivity index (χ0) is 8.85. The van der Waals surface area contributed by atoms with E-state index in [1.54, 1.807) is 11.8 Å². The Morgan fingerprint density at radius 2 is 2.00 bits per heavy atom. The minimum Gasteiger partial charge on any atom is -0.369 e. The summed E-state index contributed by atoms with van der Waals surface area (Å²) in [5.41, 5.74) is 5.19. The molecule has 0 saturated heterocycles. The molecule has 0 heterocycles. The summed E-state index contributed by atoms with van der Waals surface area (Å²) >= 11 is 1.68. The molecule has 0 aliphatic heterocycles. The van der Waals surface area contributed by atoms with Crippen LogP contribution in [0.25, 0.3) is 0 Å². The van der Waals surface area contributed by atoms with Crippen molar-refractivity contribution in [3.8, 4) is 0 Å². The van der Waals surface area contributed by atoms with Crippen LogP contribution in [0.2, 0.25) is 0 Å². The summed E-state index contributed by atoms with van der Waals surface area (Å²) < 4.78 is 0.